The van der Waals surface area contributed by atoms with Crippen LogP contribution in [0.25, 0.3) is 17.3 Å². The van der Waals surface area contributed by atoms with Crippen LogP contribution >= 0.6 is 11.6 Å². The molecule has 0 bridgehead atoms. The number of aromatic nitrogens is 6. The fourth-order valence-corrected chi connectivity index (χ4v) is 4.16. The van der Waals surface area contributed by atoms with Gasteiger partial charge in [-0.15, -0.1) is 0 Å². The molecule has 4 aromatic rings. The van der Waals surface area contributed by atoms with Crippen LogP contribution in [-0.4, -0.2) is 53.5 Å². The third-order valence-electron chi connectivity index (χ3n) is 5.54. The molecule has 5 rings (SSSR count). The maximum absolute atomic E-state index is 13.6. The fourth-order valence-electron chi connectivity index (χ4n) is 3.98. The Morgan fingerprint density at radius 3 is 2.82 bits per heavy atom. The van der Waals surface area contributed by atoms with E-state index in [1.54, 1.807) is 30.6 Å². The summed E-state index contributed by atoms with van der Waals surface area (Å²) in [6, 6.07) is 7.72. The van der Waals surface area contributed by atoms with Gasteiger partial charge in [-0.05, 0) is 49.6 Å². The first-order chi connectivity index (χ1) is 16.1. The number of hydrogen-bond donors (Lipinski definition) is 0. The summed E-state index contributed by atoms with van der Waals surface area (Å²) in [5.41, 5.74) is 1.37. The number of rotatable bonds is 5. The minimum Gasteiger partial charge on any atom is -0.335 e. The lowest BCUT2D eigenvalue weighted by molar-refractivity contribution is 0.0610. The molecule has 3 aromatic heterocycles. The van der Waals surface area contributed by atoms with Crippen LogP contribution in [0.4, 0.5) is 4.39 Å². The zero-order valence-electron chi connectivity index (χ0n) is 17.4. The molecule has 1 saturated heterocycles. The molecule has 1 atom stereocenters. The van der Waals surface area contributed by atoms with Crippen LogP contribution in [0.15, 0.2) is 53.4 Å². The number of benzene rings is 1. The topological polar surface area (TPSA) is 103 Å². The molecule has 0 aliphatic carbocycles. The fraction of sp³-hybridized carbons (Fsp3) is 0.273. The lowest BCUT2D eigenvalue weighted by atomic mass is 9.97. The van der Waals surface area contributed by atoms with Crippen LogP contribution in [0.5, 0.6) is 0 Å². The molecule has 11 heteroatoms. The summed E-state index contributed by atoms with van der Waals surface area (Å²) >= 11 is 6.22. The van der Waals surface area contributed by atoms with E-state index in [1.165, 1.54) is 16.9 Å². The van der Waals surface area contributed by atoms with E-state index in [1.807, 2.05) is 4.90 Å². The average molecular weight is 468 g/mol. The van der Waals surface area contributed by atoms with Crippen molar-refractivity contribution in [3.8, 4) is 17.3 Å². The first-order valence-electron chi connectivity index (χ1n) is 10.5. The first kappa shape index (κ1) is 21.2. The number of carbonyl (C=O) groups is 1. The van der Waals surface area contributed by atoms with Crippen LogP contribution in [-0.2, 0) is 6.42 Å². The third-order valence-corrected chi connectivity index (χ3v) is 5.78. The molecule has 0 spiro atoms. The van der Waals surface area contributed by atoms with E-state index in [2.05, 4.69) is 25.3 Å². The highest BCUT2D eigenvalue weighted by atomic mass is 35.5. The Morgan fingerprint density at radius 2 is 2.03 bits per heavy atom. The maximum atomic E-state index is 13.6. The minimum absolute atomic E-state index is 0.115. The molecule has 1 aliphatic rings. The van der Waals surface area contributed by atoms with E-state index in [9.17, 15) is 9.18 Å². The number of nitrogens with zero attached hydrogens (tertiary/aromatic N) is 7. The van der Waals surface area contributed by atoms with E-state index in [0.29, 0.717) is 40.8 Å². The molecule has 33 heavy (non-hydrogen) atoms. The Hall–Kier alpha value is -3.66. The zero-order valence-corrected chi connectivity index (χ0v) is 18.2. The van der Waals surface area contributed by atoms with Crippen molar-refractivity contribution in [1.82, 2.24) is 35.0 Å². The van der Waals surface area contributed by atoms with Gasteiger partial charge in [0.2, 0.25) is 0 Å². The second kappa shape index (κ2) is 9.07. The lowest BCUT2D eigenvalue weighted by Gasteiger charge is -2.35. The van der Waals surface area contributed by atoms with E-state index < -0.39 is 5.82 Å². The van der Waals surface area contributed by atoms with Crippen LogP contribution < -0.4 is 0 Å². The van der Waals surface area contributed by atoms with Crippen molar-refractivity contribution in [2.24, 2.45) is 0 Å². The maximum Gasteiger partial charge on any atom is 0.276 e. The number of likely N-dealkylation sites (tertiary alicyclic amines) is 1. The zero-order chi connectivity index (χ0) is 22.8. The van der Waals surface area contributed by atoms with Gasteiger partial charge in [-0.25, -0.2) is 9.37 Å². The molecule has 9 nitrogen and oxygen atoms in total. The molecule has 1 fully saturated rings. The number of amides is 1. The molecular weight excluding hydrogens is 449 g/mol. The smallest absolute Gasteiger partial charge is 0.276 e. The van der Waals surface area contributed by atoms with Crippen molar-refractivity contribution in [3.63, 3.8) is 0 Å². The molecule has 1 amide bonds. The predicted octanol–water partition coefficient (Wildman–Crippen LogP) is 3.74. The largest absolute Gasteiger partial charge is 0.335 e. The van der Waals surface area contributed by atoms with Crippen LogP contribution in [0.3, 0.4) is 0 Å². The van der Waals surface area contributed by atoms with Crippen molar-refractivity contribution in [2.75, 3.05) is 6.54 Å². The van der Waals surface area contributed by atoms with Gasteiger partial charge in [0, 0.05) is 24.0 Å². The molecule has 0 unspecified atom stereocenters. The van der Waals surface area contributed by atoms with Crippen molar-refractivity contribution in [3.05, 3.63) is 71.2 Å². The number of hydrogen-bond acceptors (Lipinski definition) is 7. The van der Waals surface area contributed by atoms with Gasteiger partial charge in [0.25, 0.3) is 11.8 Å². The normalized spacial score (nSPS) is 16.2. The van der Waals surface area contributed by atoms with E-state index in [-0.39, 0.29) is 17.8 Å². The van der Waals surface area contributed by atoms with Gasteiger partial charge in [-0.1, -0.05) is 16.8 Å². The third kappa shape index (κ3) is 4.47. The Morgan fingerprint density at radius 1 is 1.18 bits per heavy atom. The van der Waals surface area contributed by atoms with Crippen molar-refractivity contribution >= 4 is 17.5 Å². The van der Waals surface area contributed by atoms with Gasteiger partial charge in [-0.2, -0.15) is 20.0 Å². The van der Waals surface area contributed by atoms with Crippen LogP contribution in [0.2, 0.25) is 5.02 Å². The molecule has 1 aromatic carbocycles. The van der Waals surface area contributed by atoms with Crippen molar-refractivity contribution in [2.45, 2.75) is 31.7 Å². The number of piperidine rings is 1. The van der Waals surface area contributed by atoms with E-state index in [0.717, 1.165) is 25.5 Å². The number of carbonyl (C=O) groups excluding carboxylic acids is 1. The number of halogens is 2. The van der Waals surface area contributed by atoms with Gasteiger partial charge < -0.3 is 9.42 Å². The Labute approximate surface area is 193 Å². The molecule has 0 saturated carbocycles. The molecular formula is C22H19ClFN7O2. The summed E-state index contributed by atoms with van der Waals surface area (Å²) in [5.74, 6) is 0.0698. The van der Waals surface area contributed by atoms with Gasteiger partial charge in [-0.3, -0.25) is 4.79 Å². The van der Waals surface area contributed by atoms with Crippen molar-refractivity contribution < 1.29 is 13.7 Å². The number of pyridine rings is 1. The van der Waals surface area contributed by atoms with Crippen LogP contribution in [0, 0.1) is 5.82 Å². The van der Waals surface area contributed by atoms with Crippen LogP contribution in [0.1, 0.15) is 35.4 Å². The summed E-state index contributed by atoms with van der Waals surface area (Å²) in [4.78, 5) is 25.2. The average Bonchev–Trinajstić information content (AvgIpc) is 3.52. The highest BCUT2D eigenvalue weighted by Crippen LogP contribution is 2.26. The molecule has 168 valence electrons. The Bertz CT molecular complexity index is 1260. The second-order valence-electron chi connectivity index (χ2n) is 7.71. The summed E-state index contributed by atoms with van der Waals surface area (Å²) < 4.78 is 18.4. The monoisotopic (exact) mass is 467 g/mol. The molecule has 4 heterocycles. The Kier molecular flexibility index (Phi) is 5.82. The summed E-state index contributed by atoms with van der Waals surface area (Å²) in [7, 11) is 0. The van der Waals surface area contributed by atoms with E-state index >= 15 is 0 Å². The SMILES string of the molecule is O=C(c1cc(Cl)ccc1-n1nccn1)N1CCCC[C@H]1Cc1noc(-c2ccc(F)cn2)n1. The summed E-state index contributed by atoms with van der Waals surface area (Å²) in [6.45, 7) is 0.603. The summed E-state index contributed by atoms with van der Waals surface area (Å²) in [5, 5.41) is 12.8. The van der Waals surface area contributed by atoms with Gasteiger partial charge in [0.05, 0.1) is 29.8 Å². The predicted molar refractivity (Wildman–Crippen MR) is 116 cm³/mol. The van der Waals surface area contributed by atoms with Gasteiger partial charge >= 0.3 is 0 Å². The minimum atomic E-state index is -0.444. The van der Waals surface area contributed by atoms with Gasteiger partial charge in [0.1, 0.15) is 11.5 Å². The Balaban J connectivity index is 1.39. The molecule has 0 radical (unpaired) electrons. The molecule has 1 aliphatic heterocycles. The standard InChI is InChI=1S/C22H19ClFN7O2/c23-14-4-7-19(31-26-8-9-27-31)17(11-14)22(32)30-10-2-1-3-16(30)12-20-28-21(33-29-20)18-6-5-15(24)13-25-18/h4-9,11,13,16H,1-3,10,12H2/t16-/m0/s1. The highest BCUT2D eigenvalue weighted by molar-refractivity contribution is 6.31. The second-order valence-corrected chi connectivity index (χ2v) is 8.15. The van der Waals surface area contributed by atoms with E-state index in [4.69, 9.17) is 16.1 Å². The lowest BCUT2D eigenvalue weighted by Crippen LogP contribution is -2.45. The van der Waals surface area contributed by atoms with Gasteiger partial charge in [0.15, 0.2) is 5.82 Å². The van der Waals surface area contributed by atoms with Crippen molar-refractivity contribution in [1.29, 1.82) is 0 Å². The first-order valence-corrected chi connectivity index (χ1v) is 10.9. The quantitative estimate of drug-likeness (QED) is 0.440. The highest BCUT2D eigenvalue weighted by Gasteiger charge is 2.31. The molecule has 0 N–H and O–H groups in total. The summed E-state index contributed by atoms with van der Waals surface area (Å²) in [6.07, 6.45) is 7.31.